The fraction of sp³-hybridized carbons (Fsp3) is 0.111. The highest BCUT2D eigenvalue weighted by Gasteiger charge is 2.20. The van der Waals surface area contributed by atoms with Gasteiger partial charge < -0.3 is 15.4 Å². The Hall–Kier alpha value is -2.69. The summed E-state index contributed by atoms with van der Waals surface area (Å²) in [6.45, 7) is 1.63. The molecule has 10 nitrogen and oxygen atoms in total. The molecule has 11 heteroatoms. The van der Waals surface area contributed by atoms with Gasteiger partial charge in [0.05, 0.1) is 4.92 Å². The van der Waals surface area contributed by atoms with Crippen LogP contribution in [0.25, 0.3) is 0 Å². The molecule has 0 saturated heterocycles. The zero-order valence-corrected chi connectivity index (χ0v) is 10.9. The Morgan fingerprint density at radius 1 is 1.55 bits per heavy atom. The van der Waals surface area contributed by atoms with Crippen LogP contribution in [0.1, 0.15) is 11.6 Å². The van der Waals surface area contributed by atoms with Crippen LogP contribution in [-0.2, 0) is 0 Å². The van der Waals surface area contributed by atoms with Crippen LogP contribution in [0, 0.1) is 17.0 Å². The van der Waals surface area contributed by atoms with Crippen molar-refractivity contribution in [2.45, 2.75) is 17.2 Å². The first-order chi connectivity index (χ1) is 9.51. The van der Waals surface area contributed by atoms with E-state index in [2.05, 4.69) is 20.3 Å². The van der Waals surface area contributed by atoms with Crippen LogP contribution in [0.5, 0.6) is 0 Å². The molecule has 0 aliphatic heterocycles. The van der Waals surface area contributed by atoms with Crippen molar-refractivity contribution < 1.29 is 14.5 Å². The monoisotopic (exact) mass is 296 g/mol. The molecule has 2 rings (SSSR count). The molecule has 0 aromatic carbocycles. The van der Waals surface area contributed by atoms with Gasteiger partial charge in [0.25, 0.3) is 10.9 Å². The van der Waals surface area contributed by atoms with Gasteiger partial charge in [-0.2, -0.15) is 0 Å². The fourth-order valence-electron chi connectivity index (χ4n) is 1.28. The first kappa shape index (κ1) is 13.7. The van der Waals surface area contributed by atoms with Gasteiger partial charge in [0, 0.05) is 13.0 Å². The Morgan fingerprint density at radius 2 is 2.30 bits per heavy atom. The van der Waals surface area contributed by atoms with Crippen molar-refractivity contribution in [3.8, 4) is 0 Å². The van der Waals surface area contributed by atoms with E-state index in [9.17, 15) is 10.1 Å². The van der Waals surface area contributed by atoms with Crippen LogP contribution in [-0.4, -0.2) is 31.1 Å². The van der Waals surface area contributed by atoms with Crippen LogP contribution in [0.4, 0.5) is 5.69 Å². The third-order valence-corrected chi connectivity index (χ3v) is 2.87. The molecule has 0 spiro atoms. The molecule has 0 radical (unpaired) electrons. The highest BCUT2D eigenvalue weighted by atomic mass is 32.2. The van der Waals surface area contributed by atoms with Crippen LogP contribution in [0.2, 0.25) is 0 Å². The molecule has 0 saturated carbocycles. The van der Waals surface area contributed by atoms with E-state index < -0.39 is 10.8 Å². The van der Waals surface area contributed by atoms with E-state index in [0.717, 1.165) is 11.8 Å². The first-order valence-electron chi connectivity index (χ1n) is 5.12. The van der Waals surface area contributed by atoms with Crippen LogP contribution in [0.3, 0.4) is 0 Å². The highest BCUT2D eigenvalue weighted by Crippen LogP contribution is 2.27. The molecule has 3 N–H and O–H groups in total. The Morgan fingerprint density at radius 3 is 2.85 bits per heavy atom. The van der Waals surface area contributed by atoms with Gasteiger partial charge in [0.15, 0.2) is 11.5 Å². The lowest BCUT2D eigenvalue weighted by Gasteiger charge is -2.02. The maximum atomic E-state index is 10.8. The van der Waals surface area contributed by atoms with Gasteiger partial charge in [-0.25, -0.2) is 4.98 Å². The minimum absolute atomic E-state index is 0.231. The number of rotatable bonds is 4. The lowest BCUT2D eigenvalue weighted by atomic mass is 10.3. The zero-order chi connectivity index (χ0) is 14.7. The Labute approximate surface area is 115 Å². The number of aryl methyl sites for hydroxylation is 1. The number of hydrogen-bond acceptors (Lipinski definition) is 9. The first-order valence-corrected chi connectivity index (χ1v) is 5.94. The molecular weight excluding hydrogens is 288 g/mol. The average Bonchev–Trinajstić information content (AvgIpc) is 2.82. The summed E-state index contributed by atoms with van der Waals surface area (Å²) in [6.07, 6.45) is 0. The second kappa shape index (κ2) is 5.52. The lowest BCUT2D eigenvalue weighted by Crippen LogP contribution is -2.17. The van der Waals surface area contributed by atoms with E-state index in [4.69, 9.17) is 15.4 Å². The fourth-order valence-corrected chi connectivity index (χ4v) is 1.98. The lowest BCUT2D eigenvalue weighted by molar-refractivity contribution is -0.385. The summed E-state index contributed by atoms with van der Waals surface area (Å²) in [4.78, 5) is 14.1. The smallest absolute Gasteiger partial charge is 0.298 e. The summed E-state index contributed by atoms with van der Waals surface area (Å²) in [5.41, 5.74) is 4.77. The maximum absolute atomic E-state index is 10.8. The van der Waals surface area contributed by atoms with Gasteiger partial charge in [-0.1, -0.05) is 5.16 Å². The molecular formula is C9H8N6O4S. The predicted molar refractivity (Wildman–Crippen MR) is 66.6 cm³/mol. The Bertz CT molecular complexity index is 685. The average molecular weight is 296 g/mol. The number of oxime groups is 1. The summed E-state index contributed by atoms with van der Waals surface area (Å²) in [6, 6.07) is 2.60. The summed E-state index contributed by atoms with van der Waals surface area (Å²) in [5.74, 6) is -0.0769. The summed E-state index contributed by atoms with van der Waals surface area (Å²) >= 11 is 1.00. The number of nitrogens with zero attached hydrogens (tertiary/aromatic N) is 5. The Kier molecular flexibility index (Phi) is 3.79. The van der Waals surface area contributed by atoms with Gasteiger partial charge in [0.1, 0.15) is 5.03 Å². The summed E-state index contributed by atoms with van der Waals surface area (Å²) in [5, 5.41) is 30.2. The van der Waals surface area contributed by atoms with Gasteiger partial charge in [0.2, 0.25) is 5.89 Å². The van der Waals surface area contributed by atoms with Crippen molar-refractivity contribution in [2.75, 3.05) is 0 Å². The van der Waals surface area contributed by atoms with E-state index in [1.54, 1.807) is 6.92 Å². The number of nitrogens with two attached hydrogens (primary N) is 1. The van der Waals surface area contributed by atoms with Gasteiger partial charge >= 0.3 is 0 Å². The maximum Gasteiger partial charge on any atom is 0.298 e. The number of amidine groups is 1. The van der Waals surface area contributed by atoms with Crippen LogP contribution in [0.15, 0.2) is 32.0 Å². The molecule has 0 aliphatic carbocycles. The molecule has 0 aliphatic rings. The number of aromatic nitrogens is 3. The van der Waals surface area contributed by atoms with Gasteiger partial charge in [-0.15, -0.1) is 10.2 Å². The molecule has 0 unspecified atom stereocenters. The van der Waals surface area contributed by atoms with Crippen molar-refractivity contribution in [3.05, 3.63) is 33.8 Å². The van der Waals surface area contributed by atoms with Crippen LogP contribution >= 0.6 is 11.8 Å². The van der Waals surface area contributed by atoms with Gasteiger partial charge in [-0.05, 0) is 17.8 Å². The number of nitro groups is 1. The summed E-state index contributed by atoms with van der Waals surface area (Å²) in [7, 11) is 0. The molecule has 20 heavy (non-hydrogen) atoms. The van der Waals surface area contributed by atoms with Gasteiger partial charge in [-0.3, -0.25) is 10.1 Å². The second-order valence-electron chi connectivity index (χ2n) is 3.45. The standard InChI is InChI=1S/C9H8N6O4S/c1-4-12-13-9(19-4)20-6-3-2-5(15(17)18)7(11-6)8(10)14-16/h2-3,16H,1H3,(H2,10,14). The highest BCUT2D eigenvalue weighted by molar-refractivity contribution is 7.99. The molecule has 0 amide bonds. The molecule has 104 valence electrons. The van der Waals surface area contributed by atoms with Crippen molar-refractivity contribution in [2.24, 2.45) is 10.9 Å². The van der Waals surface area contributed by atoms with Crippen molar-refractivity contribution in [1.82, 2.24) is 15.2 Å². The van der Waals surface area contributed by atoms with Crippen molar-refractivity contribution in [1.29, 1.82) is 0 Å². The second-order valence-corrected chi connectivity index (χ2v) is 4.42. The molecule has 2 aromatic rings. The third kappa shape index (κ3) is 2.83. The van der Waals surface area contributed by atoms with Crippen molar-refractivity contribution >= 4 is 23.3 Å². The molecule has 2 aromatic heterocycles. The SMILES string of the molecule is Cc1nnc(Sc2ccc([N+](=O)[O-])c(/C(N)=N/O)n2)o1. The summed E-state index contributed by atoms with van der Waals surface area (Å²) < 4.78 is 5.15. The van der Waals surface area contributed by atoms with E-state index in [1.807, 2.05) is 0 Å². The molecule has 0 atom stereocenters. The minimum Gasteiger partial charge on any atom is -0.416 e. The molecule has 0 bridgehead atoms. The van der Waals surface area contributed by atoms with Crippen molar-refractivity contribution in [3.63, 3.8) is 0 Å². The number of hydrogen-bond donors (Lipinski definition) is 2. The van der Waals surface area contributed by atoms with E-state index in [0.29, 0.717) is 10.9 Å². The normalized spacial score (nSPS) is 11.6. The molecule has 2 heterocycles. The third-order valence-electron chi connectivity index (χ3n) is 2.09. The Balaban J connectivity index is 2.39. The largest absolute Gasteiger partial charge is 0.416 e. The number of pyridine rings is 1. The molecule has 0 fully saturated rings. The van der Waals surface area contributed by atoms with E-state index in [-0.39, 0.29) is 16.6 Å². The quantitative estimate of drug-likeness (QED) is 0.275. The predicted octanol–water partition coefficient (Wildman–Crippen LogP) is 0.927. The van der Waals surface area contributed by atoms with E-state index >= 15 is 0 Å². The zero-order valence-electron chi connectivity index (χ0n) is 10.0. The topological polar surface area (TPSA) is 154 Å². The minimum atomic E-state index is -0.675. The van der Waals surface area contributed by atoms with E-state index in [1.165, 1.54) is 12.1 Å². The van der Waals surface area contributed by atoms with Crippen LogP contribution < -0.4 is 5.73 Å².